The number of ether oxygens (including phenoxy) is 1. The van der Waals surface area contributed by atoms with E-state index in [4.69, 9.17) is 9.72 Å². The molecule has 0 aliphatic carbocycles. The molecule has 0 fully saturated rings. The van der Waals surface area contributed by atoms with Crippen LogP contribution in [0.15, 0.2) is 53.3 Å². The summed E-state index contributed by atoms with van der Waals surface area (Å²) < 4.78 is 6.85. The monoisotopic (exact) mass is 446 g/mol. The topological polar surface area (TPSA) is 76.5 Å². The van der Waals surface area contributed by atoms with E-state index >= 15 is 0 Å². The number of anilines is 1. The Morgan fingerprint density at radius 2 is 1.91 bits per heavy atom. The molecule has 4 rings (SSSR count). The molecule has 0 spiro atoms. The zero-order valence-corrected chi connectivity index (χ0v) is 19.4. The van der Waals surface area contributed by atoms with Crippen molar-refractivity contribution in [3.8, 4) is 0 Å². The summed E-state index contributed by atoms with van der Waals surface area (Å²) in [6.07, 6.45) is 0.490. The van der Waals surface area contributed by atoms with Gasteiger partial charge in [0, 0.05) is 31.3 Å². The van der Waals surface area contributed by atoms with Gasteiger partial charge >= 0.3 is 0 Å². The van der Waals surface area contributed by atoms with Crippen molar-refractivity contribution in [3.05, 3.63) is 92.4 Å². The molecule has 1 aliphatic rings. The number of nitrogens with one attached hydrogen (secondary N) is 1. The summed E-state index contributed by atoms with van der Waals surface area (Å²) in [5, 5.41) is 3.31. The van der Waals surface area contributed by atoms with Crippen molar-refractivity contribution in [3.63, 3.8) is 0 Å². The van der Waals surface area contributed by atoms with Crippen LogP contribution >= 0.6 is 0 Å². The van der Waals surface area contributed by atoms with Gasteiger partial charge in [-0.25, -0.2) is 4.98 Å². The number of carbonyl (C=O) groups is 1. The van der Waals surface area contributed by atoms with Crippen molar-refractivity contribution in [2.24, 2.45) is 0 Å². The van der Waals surface area contributed by atoms with Crippen molar-refractivity contribution < 1.29 is 9.53 Å². The lowest BCUT2D eigenvalue weighted by Gasteiger charge is -2.29. The highest BCUT2D eigenvalue weighted by Gasteiger charge is 2.27. The number of fused-ring (bicyclic) bond motifs is 1. The van der Waals surface area contributed by atoms with Crippen LogP contribution < -0.4 is 10.9 Å². The average Bonchev–Trinajstić information content (AvgIpc) is 2.84. The first-order valence-corrected chi connectivity index (χ1v) is 11.2. The second-order valence-electron chi connectivity index (χ2n) is 8.43. The Hall–Kier alpha value is -3.45. The Morgan fingerprint density at radius 1 is 1.12 bits per heavy atom. The number of aromatic nitrogens is 2. The highest BCUT2D eigenvalue weighted by Crippen LogP contribution is 2.20. The number of carbonyl (C=O) groups excluding carboxylic acids is 1. The first-order chi connectivity index (χ1) is 16.0. The molecule has 7 heteroatoms. The SMILES string of the molecule is COCCn1c(NCc2ccccc2)nc2c(c1=O)CCN(C(=O)c1ccc(C)c(C)c1)C2. The molecule has 7 nitrogen and oxygen atoms in total. The van der Waals surface area contributed by atoms with Gasteiger partial charge in [-0.15, -0.1) is 0 Å². The predicted molar refractivity (Wildman–Crippen MR) is 129 cm³/mol. The third-order valence-corrected chi connectivity index (χ3v) is 6.17. The number of aryl methyl sites for hydroxylation is 2. The van der Waals surface area contributed by atoms with Crippen LogP contribution in [0.3, 0.4) is 0 Å². The molecule has 1 aromatic heterocycles. The summed E-state index contributed by atoms with van der Waals surface area (Å²) in [6, 6.07) is 15.7. The lowest BCUT2D eigenvalue weighted by atomic mass is 10.0. The lowest BCUT2D eigenvalue weighted by Crippen LogP contribution is -2.41. The summed E-state index contributed by atoms with van der Waals surface area (Å²) in [4.78, 5) is 33.0. The third-order valence-electron chi connectivity index (χ3n) is 6.17. The zero-order valence-electron chi connectivity index (χ0n) is 19.4. The summed E-state index contributed by atoms with van der Waals surface area (Å²) in [5.41, 5.74) is 5.28. The zero-order chi connectivity index (χ0) is 23.4. The molecule has 0 saturated carbocycles. The van der Waals surface area contributed by atoms with Crippen LogP contribution in [0.4, 0.5) is 5.95 Å². The summed E-state index contributed by atoms with van der Waals surface area (Å²) >= 11 is 0. The first kappa shape index (κ1) is 22.7. The minimum Gasteiger partial charge on any atom is -0.383 e. The fraction of sp³-hybridized carbons (Fsp3) is 0.346. The number of methoxy groups -OCH3 is 1. The van der Waals surface area contributed by atoms with Crippen molar-refractivity contribution in [1.82, 2.24) is 14.5 Å². The Morgan fingerprint density at radius 3 is 2.64 bits per heavy atom. The van der Waals surface area contributed by atoms with Crippen molar-refractivity contribution in [2.45, 2.75) is 39.9 Å². The maximum Gasteiger partial charge on any atom is 0.258 e. The van der Waals surface area contributed by atoms with Gasteiger partial charge in [0.1, 0.15) is 0 Å². The highest BCUT2D eigenvalue weighted by atomic mass is 16.5. The minimum atomic E-state index is -0.0640. The first-order valence-electron chi connectivity index (χ1n) is 11.2. The molecule has 1 N–H and O–H groups in total. The van der Waals surface area contributed by atoms with E-state index in [0.717, 1.165) is 16.7 Å². The van der Waals surface area contributed by atoms with E-state index in [0.29, 0.717) is 62.0 Å². The number of amides is 1. The molecule has 172 valence electrons. The maximum atomic E-state index is 13.3. The van der Waals surface area contributed by atoms with Crippen LogP contribution in [0.1, 0.15) is 38.3 Å². The predicted octanol–water partition coefficient (Wildman–Crippen LogP) is 3.32. The largest absolute Gasteiger partial charge is 0.383 e. The van der Waals surface area contributed by atoms with Crippen LogP contribution in [0.25, 0.3) is 0 Å². The molecule has 0 unspecified atom stereocenters. The van der Waals surface area contributed by atoms with Gasteiger partial charge in [0.05, 0.1) is 25.4 Å². The Bertz CT molecular complexity index is 1200. The molecular formula is C26H30N4O3. The van der Waals surface area contributed by atoms with E-state index in [1.165, 1.54) is 0 Å². The molecule has 0 radical (unpaired) electrons. The quantitative estimate of drug-likeness (QED) is 0.603. The van der Waals surface area contributed by atoms with Crippen LogP contribution in [0, 0.1) is 13.8 Å². The van der Waals surface area contributed by atoms with E-state index in [1.54, 1.807) is 16.6 Å². The fourth-order valence-corrected chi connectivity index (χ4v) is 4.06. The molecular weight excluding hydrogens is 416 g/mol. The van der Waals surface area contributed by atoms with Crippen LogP contribution in [-0.2, 0) is 30.8 Å². The average molecular weight is 447 g/mol. The van der Waals surface area contributed by atoms with E-state index in [1.807, 2.05) is 62.4 Å². The molecule has 0 saturated heterocycles. The van der Waals surface area contributed by atoms with Crippen LogP contribution in [-0.4, -0.2) is 40.6 Å². The minimum absolute atomic E-state index is 0.0343. The van der Waals surface area contributed by atoms with Crippen molar-refractivity contribution in [1.29, 1.82) is 0 Å². The molecule has 3 aromatic rings. The Kier molecular flexibility index (Phi) is 6.89. The van der Waals surface area contributed by atoms with Gasteiger partial charge in [0.2, 0.25) is 5.95 Å². The number of hydrogen-bond donors (Lipinski definition) is 1. The summed E-state index contributed by atoms with van der Waals surface area (Å²) in [5.74, 6) is 0.466. The van der Waals surface area contributed by atoms with Gasteiger partial charge in [-0.1, -0.05) is 36.4 Å². The molecule has 1 amide bonds. The number of hydrogen-bond acceptors (Lipinski definition) is 5. The van der Waals surface area contributed by atoms with E-state index < -0.39 is 0 Å². The molecule has 2 heterocycles. The number of nitrogens with zero attached hydrogens (tertiary/aromatic N) is 3. The van der Waals surface area contributed by atoms with Crippen LogP contribution in [0.5, 0.6) is 0 Å². The normalized spacial score (nSPS) is 13.0. The molecule has 1 aliphatic heterocycles. The lowest BCUT2D eigenvalue weighted by molar-refractivity contribution is 0.0731. The third kappa shape index (κ3) is 4.98. The van der Waals surface area contributed by atoms with Gasteiger partial charge in [-0.05, 0) is 49.1 Å². The standard InChI is InChI=1S/C26H30N4O3/c1-18-9-10-21(15-19(18)2)24(31)29-12-11-22-23(17-29)28-26(30(25(22)32)13-14-33-3)27-16-20-7-5-4-6-8-20/h4-10,15H,11-14,16-17H2,1-3H3,(H,27,28). The fourth-order valence-electron chi connectivity index (χ4n) is 4.06. The second-order valence-corrected chi connectivity index (χ2v) is 8.43. The van der Waals surface area contributed by atoms with E-state index in [2.05, 4.69) is 5.32 Å². The molecule has 0 bridgehead atoms. The van der Waals surface area contributed by atoms with Gasteiger partial charge < -0.3 is 15.0 Å². The van der Waals surface area contributed by atoms with Crippen molar-refractivity contribution in [2.75, 3.05) is 25.6 Å². The van der Waals surface area contributed by atoms with Gasteiger partial charge in [-0.2, -0.15) is 0 Å². The Labute approximate surface area is 194 Å². The van der Waals surface area contributed by atoms with E-state index in [-0.39, 0.29) is 11.5 Å². The number of rotatable bonds is 7. The van der Waals surface area contributed by atoms with E-state index in [9.17, 15) is 9.59 Å². The molecule has 0 atom stereocenters. The van der Waals surface area contributed by atoms with Crippen LogP contribution in [0.2, 0.25) is 0 Å². The smallest absolute Gasteiger partial charge is 0.258 e. The maximum absolute atomic E-state index is 13.3. The molecule has 2 aromatic carbocycles. The Balaban J connectivity index is 1.62. The number of benzene rings is 2. The van der Waals surface area contributed by atoms with Gasteiger partial charge in [0.25, 0.3) is 11.5 Å². The summed E-state index contributed by atoms with van der Waals surface area (Å²) in [7, 11) is 1.62. The second kappa shape index (κ2) is 10.0. The molecule has 33 heavy (non-hydrogen) atoms. The summed E-state index contributed by atoms with van der Waals surface area (Å²) in [6.45, 7) is 6.23. The van der Waals surface area contributed by atoms with Gasteiger partial charge in [0.15, 0.2) is 0 Å². The van der Waals surface area contributed by atoms with Crippen molar-refractivity contribution >= 4 is 11.9 Å². The van der Waals surface area contributed by atoms with Gasteiger partial charge in [-0.3, -0.25) is 14.2 Å². The highest BCUT2D eigenvalue weighted by molar-refractivity contribution is 5.94.